The van der Waals surface area contributed by atoms with E-state index in [1.165, 1.54) is 17.2 Å². The van der Waals surface area contributed by atoms with E-state index in [1.54, 1.807) is 41.5 Å². The molecule has 1 heterocycles. The van der Waals surface area contributed by atoms with Gasteiger partial charge in [-0.15, -0.1) is 0 Å². The average molecular weight is 1300 g/mol. The molecule has 0 amide bonds. The first kappa shape index (κ1) is 78.7. The molecule has 86 heavy (non-hydrogen) atoms. The highest BCUT2D eigenvalue weighted by Crippen LogP contribution is 2.45. The van der Waals surface area contributed by atoms with Crippen molar-refractivity contribution in [3.8, 4) is 0 Å². The highest BCUT2D eigenvalue weighted by atomic mass is 33.1. The topological polar surface area (TPSA) is 299 Å². The van der Waals surface area contributed by atoms with Crippen LogP contribution in [0.3, 0.4) is 0 Å². The van der Waals surface area contributed by atoms with Crippen LogP contribution in [0.2, 0.25) is 0 Å². The summed E-state index contributed by atoms with van der Waals surface area (Å²) in [5.74, 6) is 1.20. The number of allylic oxidation sites excluding steroid dienone is 2. The Bertz CT molecular complexity index is 2290. The van der Waals surface area contributed by atoms with Gasteiger partial charge in [-0.1, -0.05) is 60.6 Å². The van der Waals surface area contributed by atoms with Crippen LogP contribution < -0.4 is 0 Å². The lowest BCUT2D eigenvalue weighted by Gasteiger charge is -2.40. The van der Waals surface area contributed by atoms with Gasteiger partial charge < -0.3 is 33.5 Å². The molecule has 1 aliphatic heterocycles. The van der Waals surface area contributed by atoms with Gasteiger partial charge in [-0.3, -0.25) is 37.1 Å². The number of aliphatic hydroxyl groups is 1. The number of fused-ring (bicyclic) bond motifs is 1. The van der Waals surface area contributed by atoms with Crippen molar-refractivity contribution < 1.29 is 95.9 Å². The number of rotatable bonds is 18. The van der Waals surface area contributed by atoms with E-state index in [9.17, 15) is 59.1 Å². The second-order valence-corrected chi connectivity index (χ2v) is 32.0. The van der Waals surface area contributed by atoms with Gasteiger partial charge >= 0.3 is 35.8 Å². The molecule has 0 spiro atoms. The van der Waals surface area contributed by atoms with Crippen LogP contribution >= 0.6 is 10.8 Å². The normalized spacial score (nSPS) is 32.9. The lowest BCUT2D eigenvalue weighted by atomic mass is 9.69. The van der Waals surface area contributed by atoms with Gasteiger partial charge in [0.15, 0.2) is 0 Å². The van der Waals surface area contributed by atoms with Crippen molar-refractivity contribution in [2.45, 2.75) is 160 Å². The Kier molecular flexibility index (Phi) is 35.1. The Morgan fingerprint density at radius 2 is 0.709 bits per heavy atom. The van der Waals surface area contributed by atoms with E-state index in [0.717, 1.165) is 43.4 Å². The lowest BCUT2D eigenvalue weighted by molar-refractivity contribution is -0.166. The van der Waals surface area contributed by atoms with Gasteiger partial charge in [0.05, 0.1) is 113 Å². The third kappa shape index (κ3) is 27.4. The molecule has 6 aliphatic rings. The molecule has 0 bridgehead atoms. The zero-order valence-electron chi connectivity index (χ0n) is 53.9. The minimum absolute atomic E-state index is 0.00215. The van der Waals surface area contributed by atoms with Crippen LogP contribution in [0.5, 0.6) is 0 Å². The minimum atomic E-state index is -3.48. The Morgan fingerprint density at radius 1 is 0.430 bits per heavy atom. The summed E-state index contributed by atoms with van der Waals surface area (Å²) in [6.07, 6.45) is 12.5. The molecule has 1 saturated heterocycles. The van der Waals surface area contributed by atoms with Crippen LogP contribution in [0.4, 0.5) is 0 Å². The molecule has 18 atom stereocenters. The van der Waals surface area contributed by atoms with Gasteiger partial charge in [-0.2, -0.15) is 16.8 Å². The quantitative estimate of drug-likeness (QED) is 0.0440. The molecule has 500 valence electrons. The van der Waals surface area contributed by atoms with Gasteiger partial charge in [0.25, 0.3) is 20.2 Å². The van der Waals surface area contributed by atoms with Gasteiger partial charge in [-0.25, -0.2) is 8.42 Å². The van der Waals surface area contributed by atoms with Crippen LogP contribution in [-0.2, 0) is 94.7 Å². The fourth-order valence-corrected chi connectivity index (χ4v) is 16.8. The molecule has 0 aromatic heterocycles. The summed E-state index contributed by atoms with van der Waals surface area (Å²) in [7, 11) is -8.56. The zero-order chi connectivity index (χ0) is 65.3. The van der Waals surface area contributed by atoms with E-state index in [4.69, 9.17) is 36.8 Å². The summed E-state index contributed by atoms with van der Waals surface area (Å²) in [5, 5.41) is 9.83. The smallest absolute Gasteiger partial charge is 0.310 e. The van der Waals surface area contributed by atoms with Crippen LogP contribution in [-0.4, -0.2) is 149 Å². The summed E-state index contributed by atoms with van der Waals surface area (Å²) in [5.41, 5.74) is 0. The number of carbonyl (C=O) groups is 6. The van der Waals surface area contributed by atoms with Gasteiger partial charge in [0, 0.05) is 5.75 Å². The summed E-state index contributed by atoms with van der Waals surface area (Å²) in [6, 6.07) is 0. The summed E-state index contributed by atoms with van der Waals surface area (Å²) >= 11 is 0. The Labute approximate surface area is 518 Å². The fraction of sp³-hybridized carbons (Fsp3) is 0.869. The van der Waals surface area contributed by atoms with Crippen molar-refractivity contribution in [3.05, 3.63) is 12.2 Å². The highest BCUT2D eigenvalue weighted by molar-refractivity contribution is 8.72. The van der Waals surface area contributed by atoms with Crippen molar-refractivity contribution in [3.63, 3.8) is 0 Å². The fourth-order valence-electron chi connectivity index (χ4n) is 12.2. The third-order valence-corrected chi connectivity index (χ3v) is 22.6. The van der Waals surface area contributed by atoms with E-state index in [-0.39, 0.29) is 97.5 Å². The van der Waals surface area contributed by atoms with Crippen molar-refractivity contribution >= 4 is 75.7 Å². The Balaban J connectivity index is 0.000000368. The third-order valence-electron chi connectivity index (χ3n) is 17.8. The number of hydrogen-bond acceptors (Lipinski definition) is 22. The first-order valence-corrected chi connectivity index (χ1v) is 37.8. The van der Waals surface area contributed by atoms with Gasteiger partial charge in [0.2, 0.25) is 8.87 Å². The van der Waals surface area contributed by atoms with E-state index in [0.29, 0.717) is 112 Å². The number of hydrogen-bond donors (Lipinski definition) is 1. The van der Waals surface area contributed by atoms with Crippen LogP contribution in [0.1, 0.15) is 154 Å². The maximum atomic E-state index is 11.9. The standard InChI is InChI=1S/C14H24O4.C13H22O5.C12H24O6S2.C12H18O4.C10H18O2S2/c1-5-17-13(15)11-7-9(3)10(4)8-12(11)14(16)18-6-2;1-4-17-12(15)9-6-8(3)11(14)7-10(9)13(16)18-5-2;1-9-5-11(7-17-19(3,13)14)12(6-10(9)2)8-18-20(4,15)16;1-3-15-11(13)9-7-5-6-8-10(9)12(14)16-4-2;1-7-3-9-5-13-14(11,12)6-10(9)4-8(7)2/h9-12H,5-8H2,1-4H3;8-11,14H,4-7H2,1-3H3;9-12H,5-8H2,1-4H3;5-6,9-10H,3-4,7-8H2,1-2H3;7-10H,3-6H2,1-2H3/t9-,10-,11-,12-;8-,9-,10-,11-;9-,10-,11+,12+;9-,10-;7-,8-,9+,10+/m00000/s1. The maximum absolute atomic E-state index is 11.9. The number of esters is 6. The molecule has 6 rings (SSSR count). The molecular formula is C61H106O21S4. The summed E-state index contributed by atoms with van der Waals surface area (Å²) < 4.78 is 107. The van der Waals surface area contributed by atoms with Crippen molar-refractivity contribution in [2.24, 2.45) is 101 Å². The molecule has 5 aliphatic carbocycles. The van der Waals surface area contributed by atoms with Crippen molar-refractivity contribution in [1.29, 1.82) is 0 Å². The monoisotopic (exact) mass is 1300 g/mol. The molecule has 4 saturated carbocycles. The van der Waals surface area contributed by atoms with Crippen LogP contribution in [0, 0.1) is 101 Å². The van der Waals surface area contributed by atoms with Crippen LogP contribution in [0.15, 0.2) is 12.2 Å². The van der Waals surface area contributed by atoms with E-state index >= 15 is 0 Å². The van der Waals surface area contributed by atoms with Crippen LogP contribution in [0.25, 0.3) is 0 Å². The average Bonchev–Trinajstić information content (AvgIpc) is 1.26. The van der Waals surface area contributed by atoms with E-state index in [2.05, 4.69) is 41.5 Å². The highest BCUT2D eigenvalue weighted by Gasteiger charge is 2.45. The molecule has 5 fully saturated rings. The Hall–Kier alpha value is -3.36. The SMILES string of the molecule is CCOC(=O)[C@H]1CC=CC[C@@H]1C(=O)OCC.CCOC(=O)[C@H]1C[C@H](C)[C@@H](C)C[C@@H]1C(=O)OCC.CCOC(=O)[C@H]1C[C@H](C)[C@@H](O)C[C@@H]1C(=O)OCC.C[C@H]1C[C@@H]2CS(=O)(=O)SC[C@H]2C[C@@H]1C.C[C@H]1C[C@H](COS(C)(=O)=O)[C@@H](COS(C)(=O)=O)C[C@@H]1C. The van der Waals surface area contributed by atoms with Crippen molar-refractivity contribution in [2.75, 3.05) is 76.9 Å². The number of aliphatic hydroxyl groups excluding tert-OH is 1. The first-order valence-electron chi connectivity index (χ1n) is 31.1. The molecule has 21 nitrogen and oxygen atoms in total. The lowest BCUT2D eigenvalue weighted by Crippen LogP contribution is -2.42. The molecule has 0 aromatic carbocycles. The summed E-state index contributed by atoms with van der Waals surface area (Å²) in [4.78, 5) is 70.9. The number of carbonyl (C=O) groups excluding carboxylic acids is 6. The molecule has 25 heteroatoms. The van der Waals surface area contributed by atoms with E-state index < -0.39 is 53.0 Å². The van der Waals surface area contributed by atoms with Gasteiger partial charge in [-0.05, 0) is 182 Å². The largest absolute Gasteiger partial charge is 0.466 e. The summed E-state index contributed by atoms with van der Waals surface area (Å²) in [6.45, 7) is 27.6. The molecular weight excluding hydrogens is 1200 g/mol. The molecule has 0 unspecified atom stereocenters. The molecule has 0 radical (unpaired) electrons. The van der Waals surface area contributed by atoms with Crippen molar-refractivity contribution in [1.82, 2.24) is 0 Å². The van der Waals surface area contributed by atoms with Gasteiger partial charge in [0.1, 0.15) is 0 Å². The number of ether oxygens (including phenoxy) is 6. The predicted molar refractivity (Wildman–Crippen MR) is 328 cm³/mol. The van der Waals surface area contributed by atoms with E-state index in [1.807, 2.05) is 19.1 Å². The Morgan fingerprint density at radius 3 is 1.03 bits per heavy atom. The molecule has 0 aromatic rings. The first-order chi connectivity index (χ1) is 40.2. The second-order valence-electron chi connectivity index (χ2n) is 24.4. The predicted octanol–water partition coefficient (Wildman–Crippen LogP) is 8.84. The molecule has 1 N–H and O–H groups in total. The maximum Gasteiger partial charge on any atom is 0.310 e. The minimum Gasteiger partial charge on any atom is -0.466 e. The second kappa shape index (κ2) is 38.4. The zero-order valence-corrected chi connectivity index (χ0v) is 57.2.